The van der Waals surface area contributed by atoms with Crippen LogP contribution >= 0.6 is 0 Å². The molecule has 0 spiro atoms. The van der Waals surface area contributed by atoms with Crippen LogP contribution < -0.4 is 5.73 Å². The van der Waals surface area contributed by atoms with Gasteiger partial charge in [-0.15, -0.1) is 0 Å². The van der Waals surface area contributed by atoms with Crippen LogP contribution in [0.5, 0.6) is 0 Å². The Kier molecular flexibility index (Phi) is 2.93. The molecular formula is C13H19N3O. The predicted molar refractivity (Wildman–Crippen MR) is 68.7 cm³/mol. The van der Waals surface area contributed by atoms with Crippen LogP contribution in [-0.2, 0) is 19.0 Å². The van der Waals surface area contributed by atoms with E-state index in [0.29, 0.717) is 6.54 Å². The standard InChI is InChI=1S/C13H19N3O/c1-13(2,8-17)12-15-11-9(7-14)5-4-6-10(11)16(12)3/h4-6,17H,7-8,14H2,1-3H3. The summed E-state index contributed by atoms with van der Waals surface area (Å²) in [5.41, 5.74) is 8.41. The zero-order chi connectivity index (χ0) is 12.6. The van der Waals surface area contributed by atoms with Crippen LogP contribution in [0.2, 0.25) is 0 Å². The molecule has 0 radical (unpaired) electrons. The minimum atomic E-state index is -0.348. The summed E-state index contributed by atoms with van der Waals surface area (Å²) in [5.74, 6) is 0.885. The third-order valence-corrected chi connectivity index (χ3v) is 3.22. The molecule has 0 unspecified atom stereocenters. The number of hydrogen-bond acceptors (Lipinski definition) is 3. The molecule has 4 nitrogen and oxygen atoms in total. The van der Waals surface area contributed by atoms with Crippen LogP contribution in [0.1, 0.15) is 25.2 Å². The van der Waals surface area contributed by atoms with Gasteiger partial charge in [-0.3, -0.25) is 0 Å². The van der Waals surface area contributed by atoms with E-state index in [0.717, 1.165) is 22.4 Å². The summed E-state index contributed by atoms with van der Waals surface area (Å²) < 4.78 is 2.03. The molecule has 2 rings (SSSR count). The van der Waals surface area contributed by atoms with Crippen molar-refractivity contribution in [2.75, 3.05) is 6.61 Å². The maximum atomic E-state index is 9.45. The first-order chi connectivity index (χ1) is 8.01. The highest BCUT2D eigenvalue weighted by Crippen LogP contribution is 2.26. The van der Waals surface area contributed by atoms with Gasteiger partial charge in [-0.2, -0.15) is 0 Å². The summed E-state index contributed by atoms with van der Waals surface area (Å²) in [7, 11) is 1.97. The molecule has 0 atom stereocenters. The van der Waals surface area contributed by atoms with Crippen LogP contribution in [0.25, 0.3) is 11.0 Å². The van der Waals surface area contributed by atoms with Gasteiger partial charge < -0.3 is 15.4 Å². The number of nitrogens with zero attached hydrogens (tertiary/aromatic N) is 2. The quantitative estimate of drug-likeness (QED) is 0.840. The van der Waals surface area contributed by atoms with E-state index in [1.807, 2.05) is 43.7 Å². The van der Waals surface area contributed by atoms with Gasteiger partial charge in [0, 0.05) is 19.0 Å². The van der Waals surface area contributed by atoms with Crippen molar-refractivity contribution >= 4 is 11.0 Å². The fourth-order valence-electron chi connectivity index (χ4n) is 2.11. The van der Waals surface area contributed by atoms with Gasteiger partial charge in [-0.05, 0) is 11.6 Å². The molecule has 1 aromatic carbocycles. The fourth-order valence-corrected chi connectivity index (χ4v) is 2.11. The van der Waals surface area contributed by atoms with Gasteiger partial charge in [-0.25, -0.2) is 4.98 Å². The highest BCUT2D eigenvalue weighted by molar-refractivity contribution is 5.79. The smallest absolute Gasteiger partial charge is 0.117 e. The minimum absolute atomic E-state index is 0.0715. The van der Waals surface area contributed by atoms with Crippen molar-refractivity contribution in [3.63, 3.8) is 0 Å². The Balaban J connectivity index is 2.72. The van der Waals surface area contributed by atoms with Gasteiger partial charge in [0.05, 0.1) is 17.6 Å². The molecule has 0 saturated carbocycles. The molecule has 4 heteroatoms. The van der Waals surface area contributed by atoms with Crippen molar-refractivity contribution in [2.24, 2.45) is 12.8 Å². The van der Waals surface area contributed by atoms with Gasteiger partial charge >= 0.3 is 0 Å². The van der Waals surface area contributed by atoms with Gasteiger partial charge in [0.15, 0.2) is 0 Å². The lowest BCUT2D eigenvalue weighted by Crippen LogP contribution is -2.26. The van der Waals surface area contributed by atoms with Crippen LogP contribution in [0, 0.1) is 0 Å². The molecule has 0 aliphatic carbocycles. The van der Waals surface area contributed by atoms with E-state index in [2.05, 4.69) is 4.98 Å². The molecule has 1 heterocycles. The monoisotopic (exact) mass is 233 g/mol. The second-order valence-electron chi connectivity index (χ2n) is 5.03. The molecule has 0 saturated heterocycles. The van der Waals surface area contributed by atoms with Crippen LogP contribution in [0.4, 0.5) is 0 Å². The largest absolute Gasteiger partial charge is 0.395 e. The zero-order valence-electron chi connectivity index (χ0n) is 10.6. The summed E-state index contributed by atoms with van der Waals surface area (Å²) in [6, 6.07) is 6.01. The molecule has 1 aromatic heterocycles. The number of nitrogens with two attached hydrogens (primary N) is 1. The molecule has 92 valence electrons. The number of imidazole rings is 1. The Morgan fingerprint density at radius 3 is 2.71 bits per heavy atom. The number of aromatic nitrogens is 2. The SMILES string of the molecule is Cn1c(C(C)(C)CO)nc2c(CN)cccc21. The third-order valence-electron chi connectivity index (χ3n) is 3.22. The number of aryl methyl sites for hydroxylation is 1. The number of hydrogen-bond donors (Lipinski definition) is 2. The lowest BCUT2D eigenvalue weighted by atomic mass is 9.94. The second-order valence-corrected chi connectivity index (χ2v) is 5.03. The van der Waals surface area contributed by atoms with Crippen molar-refractivity contribution in [3.05, 3.63) is 29.6 Å². The van der Waals surface area contributed by atoms with Crippen molar-refractivity contribution in [1.29, 1.82) is 0 Å². The van der Waals surface area contributed by atoms with Crippen molar-refractivity contribution in [3.8, 4) is 0 Å². The fraction of sp³-hybridized carbons (Fsp3) is 0.462. The Morgan fingerprint density at radius 2 is 2.12 bits per heavy atom. The third kappa shape index (κ3) is 1.83. The molecule has 0 aliphatic rings. The van der Waals surface area contributed by atoms with Crippen molar-refractivity contribution in [2.45, 2.75) is 25.8 Å². The topological polar surface area (TPSA) is 64.1 Å². The minimum Gasteiger partial charge on any atom is -0.395 e. The maximum Gasteiger partial charge on any atom is 0.117 e. The summed E-state index contributed by atoms with van der Waals surface area (Å²) in [6.07, 6.45) is 0. The van der Waals surface area contributed by atoms with Crippen LogP contribution in [0.15, 0.2) is 18.2 Å². The van der Waals surface area contributed by atoms with Crippen LogP contribution in [-0.4, -0.2) is 21.3 Å². The van der Waals surface area contributed by atoms with Gasteiger partial charge in [0.1, 0.15) is 5.82 Å². The summed E-state index contributed by atoms with van der Waals surface area (Å²) in [6.45, 7) is 4.52. The normalized spacial score (nSPS) is 12.3. The Hall–Kier alpha value is -1.39. The first-order valence-electron chi connectivity index (χ1n) is 5.77. The number of rotatable bonds is 3. The Morgan fingerprint density at radius 1 is 1.41 bits per heavy atom. The van der Waals surface area contributed by atoms with E-state index in [9.17, 15) is 5.11 Å². The number of fused-ring (bicyclic) bond motifs is 1. The zero-order valence-corrected chi connectivity index (χ0v) is 10.6. The molecule has 0 amide bonds. The lowest BCUT2D eigenvalue weighted by Gasteiger charge is -2.20. The predicted octanol–water partition coefficient (Wildman–Crippen LogP) is 1.30. The first kappa shape index (κ1) is 12.1. The van der Waals surface area contributed by atoms with Crippen molar-refractivity contribution in [1.82, 2.24) is 9.55 Å². The number of benzene rings is 1. The molecule has 3 N–H and O–H groups in total. The molecule has 2 aromatic rings. The maximum absolute atomic E-state index is 9.45. The molecule has 0 aliphatic heterocycles. The van der Waals surface area contributed by atoms with Crippen molar-refractivity contribution < 1.29 is 5.11 Å². The summed E-state index contributed by atoms with van der Waals surface area (Å²) >= 11 is 0. The Labute approximate surface area is 101 Å². The molecule has 17 heavy (non-hydrogen) atoms. The van der Waals surface area contributed by atoms with Gasteiger partial charge in [-0.1, -0.05) is 26.0 Å². The highest BCUT2D eigenvalue weighted by atomic mass is 16.3. The van der Waals surface area contributed by atoms with Gasteiger partial charge in [0.25, 0.3) is 0 Å². The summed E-state index contributed by atoms with van der Waals surface area (Å²) in [5, 5.41) is 9.45. The first-order valence-corrected chi connectivity index (χ1v) is 5.77. The van der Waals surface area contributed by atoms with Gasteiger partial charge in [0.2, 0.25) is 0 Å². The lowest BCUT2D eigenvalue weighted by molar-refractivity contribution is 0.209. The van der Waals surface area contributed by atoms with E-state index < -0.39 is 0 Å². The average molecular weight is 233 g/mol. The van der Waals surface area contributed by atoms with E-state index in [1.165, 1.54) is 0 Å². The number of aliphatic hydroxyl groups excluding tert-OH is 1. The van der Waals surface area contributed by atoms with E-state index >= 15 is 0 Å². The molecular weight excluding hydrogens is 214 g/mol. The number of para-hydroxylation sites is 1. The Bertz CT molecular complexity index is 543. The molecule has 0 bridgehead atoms. The summed E-state index contributed by atoms with van der Waals surface area (Å²) in [4.78, 5) is 4.65. The van der Waals surface area contributed by atoms with E-state index in [1.54, 1.807) is 0 Å². The van der Waals surface area contributed by atoms with E-state index in [4.69, 9.17) is 5.73 Å². The number of aliphatic hydroxyl groups is 1. The van der Waals surface area contributed by atoms with E-state index in [-0.39, 0.29) is 12.0 Å². The second kappa shape index (κ2) is 4.13. The molecule has 0 fully saturated rings. The van der Waals surface area contributed by atoms with Crippen LogP contribution in [0.3, 0.4) is 0 Å². The average Bonchev–Trinajstić information content (AvgIpc) is 2.68. The highest BCUT2D eigenvalue weighted by Gasteiger charge is 2.26.